The molecule has 1 aliphatic carbocycles. The van der Waals surface area contributed by atoms with Gasteiger partial charge in [-0.05, 0) is 57.7 Å². The van der Waals surface area contributed by atoms with E-state index in [1.54, 1.807) is 13.2 Å². The summed E-state index contributed by atoms with van der Waals surface area (Å²) in [5, 5.41) is 12.8. The number of nitrogens with one attached hydrogen (secondary N) is 1. The van der Waals surface area contributed by atoms with Crippen molar-refractivity contribution < 1.29 is 14.3 Å². The Morgan fingerprint density at radius 3 is 2.87 bits per heavy atom. The van der Waals surface area contributed by atoms with Gasteiger partial charge in [0.05, 0.1) is 29.4 Å². The van der Waals surface area contributed by atoms with Crippen molar-refractivity contribution in [2.45, 2.75) is 70.4 Å². The monoisotopic (exact) mass is 541 g/mol. The van der Waals surface area contributed by atoms with Crippen LogP contribution in [0, 0.1) is 0 Å². The van der Waals surface area contributed by atoms with Gasteiger partial charge in [-0.25, -0.2) is 4.98 Å². The fourth-order valence-corrected chi connectivity index (χ4v) is 5.34. The van der Waals surface area contributed by atoms with Crippen molar-refractivity contribution in [2.75, 3.05) is 31.7 Å². The predicted molar refractivity (Wildman–Crippen MR) is 147 cm³/mol. The largest absolute Gasteiger partial charge is 0.376 e. The summed E-state index contributed by atoms with van der Waals surface area (Å²) in [5.41, 5.74) is 9.19. The Balaban J connectivity index is 1.21. The second-order valence-corrected chi connectivity index (χ2v) is 11.2. The first-order valence-corrected chi connectivity index (χ1v) is 13.5. The SMILES string of the molecule is CCn1cc(Cl)c2cc(C(=O)NC3CCc4nc(N5CC(N)C(OCC(C)(C)OC)C5)ccc4C3)nnc21. The molecular weight excluding hydrogens is 506 g/mol. The van der Waals surface area contributed by atoms with E-state index < -0.39 is 0 Å². The Morgan fingerprint density at radius 2 is 2.11 bits per heavy atom. The van der Waals surface area contributed by atoms with Gasteiger partial charge in [0.25, 0.3) is 5.91 Å². The average molecular weight is 542 g/mol. The number of ether oxygens (including phenoxy) is 2. The van der Waals surface area contributed by atoms with Gasteiger partial charge in [-0.1, -0.05) is 17.7 Å². The maximum Gasteiger partial charge on any atom is 0.272 e. The second-order valence-electron chi connectivity index (χ2n) is 10.8. The van der Waals surface area contributed by atoms with Gasteiger partial charge in [0, 0.05) is 50.1 Å². The molecule has 3 N–H and O–H groups in total. The molecule has 3 atom stereocenters. The van der Waals surface area contributed by atoms with Crippen LogP contribution in [-0.4, -0.2) is 76.3 Å². The van der Waals surface area contributed by atoms with E-state index in [0.29, 0.717) is 36.8 Å². The summed E-state index contributed by atoms with van der Waals surface area (Å²) in [7, 11) is 1.69. The van der Waals surface area contributed by atoms with Gasteiger partial charge in [-0.2, -0.15) is 0 Å². The summed E-state index contributed by atoms with van der Waals surface area (Å²) in [5.74, 6) is 0.671. The summed E-state index contributed by atoms with van der Waals surface area (Å²) in [6.45, 7) is 8.61. The number of nitrogens with two attached hydrogens (primary N) is 1. The minimum absolute atomic E-state index is 0.00186. The number of methoxy groups -OCH3 is 1. The zero-order valence-electron chi connectivity index (χ0n) is 22.4. The van der Waals surface area contributed by atoms with Crippen LogP contribution < -0.4 is 16.0 Å². The van der Waals surface area contributed by atoms with Crippen molar-refractivity contribution in [1.29, 1.82) is 0 Å². The summed E-state index contributed by atoms with van der Waals surface area (Å²) in [4.78, 5) is 20.1. The number of aromatic nitrogens is 4. The fraction of sp³-hybridized carbons (Fsp3) is 0.556. The lowest BCUT2D eigenvalue weighted by molar-refractivity contribution is -0.0728. The van der Waals surface area contributed by atoms with E-state index in [-0.39, 0.29) is 35.4 Å². The number of carbonyl (C=O) groups excluding carboxylic acids is 1. The lowest BCUT2D eigenvalue weighted by Crippen LogP contribution is -2.39. The molecule has 204 valence electrons. The molecule has 11 heteroatoms. The van der Waals surface area contributed by atoms with Crippen molar-refractivity contribution in [3.05, 3.63) is 46.4 Å². The second kappa shape index (κ2) is 10.8. The molecule has 38 heavy (non-hydrogen) atoms. The molecule has 1 saturated heterocycles. The minimum atomic E-state index is -0.351. The number of hydrogen-bond donors (Lipinski definition) is 2. The topological polar surface area (TPSA) is 120 Å². The number of nitrogens with zero attached hydrogens (tertiary/aromatic N) is 5. The van der Waals surface area contributed by atoms with Crippen LogP contribution in [0.4, 0.5) is 5.82 Å². The molecule has 0 spiro atoms. The third-order valence-electron chi connectivity index (χ3n) is 7.56. The molecule has 0 saturated carbocycles. The highest BCUT2D eigenvalue weighted by Gasteiger charge is 2.34. The first-order chi connectivity index (χ1) is 18.2. The molecule has 0 aromatic carbocycles. The molecular formula is C27H36ClN7O3. The Labute approximate surface area is 227 Å². The van der Waals surface area contributed by atoms with Gasteiger partial charge in [0.1, 0.15) is 5.82 Å². The van der Waals surface area contributed by atoms with Crippen LogP contribution in [0.3, 0.4) is 0 Å². The van der Waals surface area contributed by atoms with E-state index in [2.05, 4.69) is 26.5 Å². The molecule has 10 nitrogen and oxygen atoms in total. The molecule has 0 radical (unpaired) electrons. The van der Waals surface area contributed by atoms with Crippen LogP contribution >= 0.6 is 11.6 Å². The molecule has 1 amide bonds. The van der Waals surface area contributed by atoms with Crippen LogP contribution in [0.5, 0.6) is 0 Å². The lowest BCUT2D eigenvalue weighted by Gasteiger charge is -2.27. The number of fused-ring (bicyclic) bond motifs is 2. The molecule has 1 fully saturated rings. The van der Waals surface area contributed by atoms with E-state index in [9.17, 15) is 4.79 Å². The van der Waals surface area contributed by atoms with Crippen molar-refractivity contribution in [1.82, 2.24) is 25.1 Å². The average Bonchev–Trinajstić information content (AvgIpc) is 3.45. The molecule has 5 rings (SSSR count). The Kier molecular flexibility index (Phi) is 7.59. The Morgan fingerprint density at radius 1 is 1.29 bits per heavy atom. The van der Waals surface area contributed by atoms with Gasteiger partial charge < -0.3 is 30.0 Å². The number of aryl methyl sites for hydroxylation is 2. The van der Waals surface area contributed by atoms with Crippen LogP contribution in [0.1, 0.15) is 48.9 Å². The number of amides is 1. The van der Waals surface area contributed by atoms with E-state index in [1.807, 2.05) is 37.6 Å². The van der Waals surface area contributed by atoms with Gasteiger partial charge in [0.15, 0.2) is 11.3 Å². The molecule has 3 aromatic rings. The van der Waals surface area contributed by atoms with Crippen molar-refractivity contribution >= 4 is 34.4 Å². The molecule has 2 aliphatic rings. The highest BCUT2D eigenvalue weighted by Crippen LogP contribution is 2.27. The van der Waals surface area contributed by atoms with Gasteiger partial charge in [-0.15, -0.1) is 10.2 Å². The van der Waals surface area contributed by atoms with E-state index >= 15 is 0 Å². The smallest absolute Gasteiger partial charge is 0.272 e. The normalized spacial score (nSPS) is 21.6. The maximum absolute atomic E-state index is 13.0. The zero-order chi connectivity index (χ0) is 27.0. The molecule has 1 aliphatic heterocycles. The summed E-state index contributed by atoms with van der Waals surface area (Å²) in [6.07, 6.45) is 4.04. The standard InChI is InChI=1S/C27H36ClN7O3/c1-5-34-12-19(28)18-11-22(32-33-25(18)34)26(36)30-17-7-8-21-16(10-17)6-9-24(31-21)35-13-20(29)23(14-35)38-15-27(2,3)37-4/h6,9,11-12,17,20,23H,5,7-8,10,13-15,29H2,1-4H3,(H,30,36). The number of anilines is 1. The Hall–Kier alpha value is -2.79. The van der Waals surface area contributed by atoms with Gasteiger partial charge in [0.2, 0.25) is 0 Å². The quantitative estimate of drug-likeness (QED) is 0.446. The zero-order valence-corrected chi connectivity index (χ0v) is 23.2. The van der Waals surface area contributed by atoms with Crippen molar-refractivity contribution in [3.8, 4) is 0 Å². The molecule has 3 aromatic heterocycles. The number of hydrogen-bond acceptors (Lipinski definition) is 8. The van der Waals surface area contributed by atoms with E-state index in [0.717, 1.165) is 41.8 Å². The lowest BCUT2D eigenvalue weighted by atomic mass is 9.91. The third-order valence-corrected chi connectivity index (χ3v) is 7.86. The van der Waals surface area contributed by atoms with Crippen LogP contribution in [0.25, 0.3) is 11.0 Å². The Bertz CT molecular complexity index is 1330. The molecule has 3 unspecified atom stereocenters. The van der Waals surface area contributed by atoms with Crippen LogP contribution in [-0.2, 0) is 28.9 Å². The van der Waals surface area contributed by atoms with E-state index in [1.165, 1.54) is 0 Å². The van der Waals surface area contributed by atoms with Gasteiger partial charge >= 0.3 is 0 Å². The number of carbonyl (C=O) groups is 1. The summed E-state index contributed by atoms with van der Waals surface area (Å²) >= 11 is 6.35. The van der Waals surface area contributed by atoms with Gasteiger partial charge in [-0.3, -0.25) is 4.79 Å². The number of rotatable bonds is 8. The van der Waals surface area contributed by atoms with Crippen LogP contribution in [0.15, 0.2) is 24.4 Å². The first-order valence-electron chi connectivity index (χ1n) is 13.2. The summed E-state index contributed by atoms with van der Waals surface area (Å²) in [6, 6.07) is 5.78. The van der Waals surface area contributed by atoms with Crippen molar-refractivity contribution in [2.24, 2.45) is 5.73 Å². The summed E-state index contributed by atoms with van der Waals surface area (Å²) < 4.78 is 13.5. The number of pyridine rings is 1. The van der Waals surface area contributed by atoms with E-state index in [4.69, 9.17) is 31.8 Å². The molecule has 4 heterocycles. The van der Waals surface area contributed by atoms with Crippen LogP contribution in [0.2, 0.25) is 5.02 Å². The number of halogens is 1. The maximum atomic E-state index is 13.0. The minimum Gasteiger partial charge on any atom is -0.376 e. The third kappa shape index (κ3) is 5.49. The molecule has 0 bridgehead atoms. The first kappa shape index (κ1) is 26.8. The predicted octanol–water partition coefficient (Wildman–Crippen LogP) is 2.74. The highest BCUT2D eigenvalue weighted by molar-refractivity contribution is 6.35. The fourth-order valence-electron chi connectivity index (χ4n) is 5.08. The highest BCUT2D eigenvalue weighted by atomic mass is 35.5. The van der Waals surface area contributed by atoms with Crippen molar-refractivity contribution in [3.63, 3.8) is 0 Å².